The molecule has 0 amide bonds. The van der Waals surface area contributed by atoms with Gasteiger partial charge < -0.3 is 0 Å². The van der Waals surface area contributed by atoms with Crippen LogP contribution in [0.15, 0.2) is 12.3 Å². The number of ether oxygens (including phenoxy) is 1. The summed E-state index contributed by atoms with van der Waals surface area (Å²) in [4.78, 5) is 4.09. The molecule has 2 nitrogen and oxygen atoms in total. The number of aromatic nitrogens is 1. The molecule has 0 aliphatic rings. The van der Waals surface area contributed by atoms with Crippen LogP contribution >= 0.6 is 0 Å². The van der Waals surface area contributed by atoms with Gasteiger partial charge in [0.1, 0.15) is 0 Å². The number of pyridine rings is 1. The van der Waals surface area contributed by atoms with Crippen molar-refractivity contribution in [2.45, 2.75) is 6.92 Å². The van der Waals surface area contributed by atoms with Crippen LogP contribution in [0.25, 0.3) is 0 Å². The summed E-state index contributed by atoms with van der Waals surface area (Å²) in [7, 11) is 1.64. The molecular formula is C7H8AtNO. The van der Waals surface area contributed by atoms with Crippen LogP contribution in [-0.2, 0) is 0 Å². The Bertz CT molecular complexity index is 237. The van der Waals surface area contributed by atoms with Crippen LogP contribution in [-0.4, -0.2) is 12.1 Å². The molecule has 54 valence electrons. The summed E-state index contributed by atoms with van der Waals surface area (Å²) in [5.41, 5.74) is 1.18. The molecule has 0 N–H and O–H groups in total. The number of nitrogens with zero attached hydrogens (tertiary/aromatic N) is 1. The molecule has 3 heteroatoms. The van der Waals surface area contributed by atoms with E-state index in [1.165, 1.54) is 5.56 Å². The minimum atomic E-state index is 0.738. The second-order valence-corrected chi connectivity index (χ2v) is 3.59. The second-order valence-electron chi connectivity index (χ2n) is 2.00. The first-order valence-corrected chi connectivity index (χ1v) is 4.37. The van der Waals surface area contributed by atoms with Gasteiger partial charge in [-0.25, -0.2) is 0 Å². The Morgan fingerprint density at radius 1 is 1.60 bits per heavy atom. The Morgan fingerprint density at radius 2 is 2.30 bits per heavy atom. The minimum absolute atomic E-state index is 0.738. The van der Waals surface area contributed by atoms with E-state index in [1.54, 1.807) is 38.0 Å². The van der Waals surface area contributed by atoms with Gasteiger partial charge in [0, 0.05) is 0 Å². The van der Waals surface area contributed by atoms with E-state index in [4.69, 9.17) is 4.74 Å². The standard InChI is InChI=1S/C7H8AtNO/c1-5-3-6(8)7(10-2)9-4-5/h3-4H,1-2H3. The van der Waals surface area contributed by atoms with Crippen molar-refractivity contribution in [3.05, 3.63) is 17.8 Å². The molecule has 0 atom stereocenters. The first-order valence-electron chi connectivity index (χ1n) is 2.90. The van der Waals surface area contributed by atoms with Crippen molar-refractivity contribution in [3.63, 3.8) is 0 Å². The average molecular weight is 332 g/mol. The molecule has 10 heavy (non-hydrogen) atoms. The van der Waals surface area contributed by atoms with Gasteiger partial charge in [-0.1, -0.05) is 0 Å². The number of hydrogen-bond donors (Lipinski definition) is 0. The predicted octanol–water partition coefficient (Wildman–Crippen LogP) is 0.573. The zero-order valence-corrected chi connectivity index (χ0v) is 8.83. The van der Waals surface area contributed by atoms with Crippen molar-refractivity contribution in [3.8, 4) is 5.88 Å². The van der Waals surface area contributed by atoms with Gasteiger partial charge in [-0.05, 0) is 0 Å². The molecule has 0 aliphatic heterocycles. The van der Waals surface area contributed by atoms with Crippen LogP contribution < -0.4 is 8.01 Å². The predicted molar refractivity (Wildman–Crippen MR) is 35.2 cm³/mol. The third kappa shape index (κ3) is 1.66. The average Bonchev–Trinajstić information content (AvgIpc) is 1.88. The molecule has 0 unspecified atom stereocenters. The van der Waals surface area contributed by atoms with E-state index >= 15 is 0 Å². The number of rotatable bonds is 1. The molecule has 1 aromatic rings. The monoisotopic (exact) mass is 332 g/mol. The fourth-order valence-corrected chi connectivity index (χ4v) is 1.83. The molecule has 0 radical (unpaired) electrons. The maximum atomic E-state index is 5.00. The van der Waals surface area contributed by atoms with Gasteiger partial charge in [0.15, 0.2) is 0 Å². The summed E-state index contributed by atoms with van der Waals surface area (Å²) in [6.45, 7) is 2.02. The molecule has 0 bridgehead atoms. The van der Waals surface area contributed by atoms with Gasteiger partial charge in [-0.15, -0.1) is 0 Å². The van der Waals surface area contributed by atoms with Gasteiger partial charge in [0.05, 0.1) is 0 Å². The van der Waals surface area contributed by atoms with E-state index in [0.29, 0.717) is 0 Å². The van der Waals surface area contributed by atoms with E-state index in [-0.39, 0.29) is 0 Å². The van der Waals surface area contributed by atoms with Gasteiger partial charge in [-0.2, -0.15) is 0 Å². The van der Waals surface area contributed by atoms with Crippen LogP contribution in [0.2, 0.25) is 0 Å². The SMILES string of the molecule is COc1ncc(C)cc1[At]. The quantitative estimate of drug-likeness (QED) is 0.750. The zero-order chi connectivity index (χ0) is 7.56. The third-order valence-corrected chi connectivity index (χ3v) is 2.19. The molecule has 1 rings (SSSR count). The summed E-state index contributed by atoms with van der Waals surface area (Å²) < 4.78 is 6.14. The Labute approximate surface area is 75.5 Å². The fraction of sp³-hybridized carbons (Fsp3) is 0.286. The molecular weight excluding hydrogens is 324 g/mol. The fourth-order valence-electron chi connectivity index (χ4n) is 0.671. The Kier molecular flexibility index (Phi) is 2.61. The molecule has 1 aromatic heterocycles. The van der Waals surface area contributed by atoms with Crippen LogP contribution in [0, 0.1) is 31.6 Å². The van der Waals surface area contributed by atoms with Crippen LogP contribution in [0.5, 0.6) is 5.88 Å². The van der Waals surface area contributed by atoms with Crippen molar-refractivity contribution in [1.29, 1.82) is 0 Å². The molecule has 0 spiro atoms. The van der Waals surface area contributed by atoms with Crippen LogP contribution in [0.3, 0.4) is 0 Å². The van der Waals surface area contributed by atoms with E-state index < -0.39 is 0 Å². The molecule has 1 heterocycles. The molecule has 0 saturated carbocycles. The number of aryl methyl sites for hydroxylation is 1. The first kappa shape index (κ1) is 7.93. The van der Waals surface area contributed by atoms with Gasteiger partial charge in [0.25, 0.3) is 0 Å². The third-order valence-electron chi connectivity index (χ3n) is 1.14. The molecule has 0 aromatic carbocycles. The topological polar surface area (TPSA) is 22.1 Å². The van der Waals surface area contributed by atoms with Gasteiger partial charge in [-0.3, -0.25) is 0 Å². The Morgan fingerprint density at radius 3 is 2.80 bits per heavy atom. The number of hydrogen-bond acceptors (Lipinski definition) is 2. The maximum absolute atomic E-state index is 5.00. The summed E-state index contributed by atoms with van der Waals surface area (Å²) in [6, 6.07) is 2.07. The first-order chi connectivity index (χ1) is 4.74. The molecule has 0 aliphatic carbocycles. The van der Waals surface area contributed by atoms with E-state index in [9.17, 15) is 0 Å². The van der Waals surface area contributed by atoms with E-state index in [0.717, 1.165) is 9.15 Å². The van der Waals surface area contributed by atoms with Crippen molar-refractivity contribution >= 4 is 3.27 Å². The van der Waals surface area contributed by atoms with Crippen LogP contribution in [0.4, 0.5) is 0 Å². The van der Waals surface area contributed by atoms with Crippen LogP contribution in [0.1, 0.15) is 5.56 Å². The second kappa shape index (κ2) is 3.29. The Balaban J connectivity index is 3.07. The van der Waals surface area contributed by atoms with E-state index in [1.807, 2.05) is 6.92 Å². The normalized spacial score (nSPS) is 9.50. The zero-order valence-electron chi connectivity index (χ0n) is 5.89. The van der Waals surface area contributed by atoms with Crippen molar-refractivity contribution in [1.82, 2.24) is 4.98 Å². The van der Waals surface area contributed by atoms with Gasteiger partial charge in [0.2, 0.25) is 0 Å². The van der Waals surface area contributed by atoms with E-state index in [2.05, 4.69) is 11.1 Å². The van der Waals surface area contributed by atoms with Crippen molar-refractivity contribution in [2.75, 3.05) is 7.11 Å². The van der Waals surface area contributed by atoms with Gasteiger partial charge >= 0.3 is 75.5 Å². The summed E-state index contributed by atoms with van der Waals surface area (Å²) >= 11 is 1.59. The summed E-state index contributed by atoms with van der Waals surface area (Å²) in [5.74, 6) is 0.738. The molecule has 0 fully saturated rings. The summed E-state index contributed by atoms with van der Waals surface area (Å²) in [6.07, 6.45) is 1.81. The van der Waals surface area contributed by atoms with Crippen molar-refractivity contribution < 1.29 is 29.5 Å². The molecule has 0 saturated heterocycles. The summed E-state index contributed by atoms with van der Waals surface area (Å²) in [5, 5.41) is 0. The Hall–Kier alpha value is -0.167. The van der Waals surface area contributed by atoms with Crippen molar-refractivity contribution in [2.24, 2.45) is 0 Å². The number of methoxy groups -OCH3 is 1.